The number of hydrogen-bond acceptors (Lipinski definition) is 5. The Balaban J connectivity index is 5.19. The topological polar surface area (TPSA) is 54.3 Å². The van der Waals surface area contributed by atoms with E-state index in [1.807, 2.05) is 39.3 Å². The van der Waals surface area contributed by atoms with Gasteiger partial charge in [0, 0.05) is 25.0 Å². The van der Waals surface area contributed by atoms with Gasteiger partial charge in [0.25, 0.3) is 0 Å². The highest BCUT2D eigenvalue weighted by Gasteiger charge is 2.15. The first-order valence-corrected chi connectivity index (χ1v) is 10.3. The van der Waals surface area contributed by atoms with Crippen LogP contribution in [0.1, 0.15) is 53.9 Å². The summed E-state index contributed by atoms with van der Waals surface area (Å²) >= 11 is 0. The van der Waals surface area contributed by atoms with E-state index in [0.717, 1.165) is 24.0 Å². The number of carbonyl (C=O) groups is 1. The van der Waals surface area contributed by atoms with Crippen LogP contribution in [0.3, 0.4) is 0 Å². The Hall–Kier alpha value is -2.27. The van der Waals surface area contributed by atoms with Crippen LogP contribution < -0.4 is 0 Å². The van der Waals surface area contributed by atoms with E-state index in [1.165, 1.54) is 11.1 Å². The molecular formula is C24H39N3O2. The van der Waals surface area contributed by atoms with Crippen LogP contribution in [0.25, 0.3) is 0 Å². The van der Waals surface area contributed by atoms with E-state index in [4.69, 9.17) is 4.74 Å². The highest BCUT2D eigenvalue weighted by Crippen LogP contribution is 2.15. The number of hydrogen-bond donors (Lipinski definition) is 0. The quantitative estimate of drug-likeness (QED) is 0.229. The van der Waals surface area contributed by atoms with E-state index in [2.05, 4.69) is 49.0 Å². The molecule has 0 heterocycles. The van der Waals surface area contributed by atoms with Crippen LogP contribution in [0.2, 0.25) is 0 Å². The number of rotatable bonds is 14. The van der Waals surface area contributed by atoms with Crippen molar-refractivity contribution < 1.29 is 9.53 Å². The number of likely N-dealkylation sites (N-methyl/N-ethyl adjacent to an activating group) is 1. The number of carbonyl (C=O) groups excluding carboxylic acids is 1. The normalized spacial score (nSPS) is 14.7. The molecule has 162 valence electrons. The minimum absolute atomic E-state index is 0.213. The van der Waals surface area contributed by atoms with Crippen LogP contribution in [-0.4, -0.2) is 56.6 Å². The molecule has 0 saturated carbocycles. The van der Waals surface area contributed by atoms with Gasteiger partial charge in [0.15, 0.2) is 0 Å². The predicted molar refractivity (Wildman–Crippen MR) is 126 cm³/mol. The maximum absolute atomic E-state index is 12.0. The lowest BCUT2D eigenvalue weighted by atomic mass is 10.0. The molecule has 0 saturated heterocycles. The molecule has 0 aliphatic rings. The minimum atomic E-state index is -0.213. The van der Waals surface area contributed by atoms with Crippen molar-refractivity contribution in [2.24, 2.45) is 9.98 Å². The van der Waals surface area contributed by atoms with Crippen molar-refractivity contribution in [1.82, 2.24) is 4.90 Å². The van der Waals surface area contributed by atoms with Crippen molar-refractivity contribution >= 4 is 18.9 Å². The first kappa shape index (κ1) is 26.7. The molecule has 0 aromatic heterocycles. The van der Waals surface area contributed by atoms with Gasteiger partial charge in [-0.1, -0.05) is 26.0 Å². The van der Waals surface area contributed by atoms with Crippen LogP contribution in [0, 0.1) is 0 Å². The van der Waals surface area contributed by atoms with Crippen molar-refractivity contribution in [3.63, 3.8) is 0 Å². The summed E-state index contributed by atoms with van der Waals surface area (Å²) < 4.78 is 5.13. The third-order valence-electron chi connectivity index (χ3n) is 4.79. The molecule has 0 radical (unpaired) electrons. The van der Waals surface area contributed by atoms with Gasteiger partial charge < -0.3 is 4.74 Å². The van der Waals surface area contributed by atoms with E-state index < -0.39 is 0 Å². The number of esters is 1. The smallest absolute Gasteiger partial charge is 0.309 e. The van der Waals surface area contributed by atoms with Gasteiger partial charge in [-0.2, -0.15) is 0 Å². The second kappa shape index (κ2) is 15.6. The SMILES string of the molecule is C=C/C(C)=C(\C=NCC(C)N(C)C/C(CC(=O)OCC)=C(C)/C=C\N=C)CCC. The molecule has 0 amide bonds. The summed E-state index contributed by atoms with van der Waals surface area (Å²) in [7, 11) is 2.05. The van der Waals surface area contributed by atoms with Crippen LogP contribution in [0.4, 0.5) is 0 Å². The third-order valence-corrected chi connectivity index (χ3v) is 4.79. The zero-order chi connectivity index (χ0) is 22.2. The van der Waals surface area contributed by atoms with Gasteiger partial charge in [0.1, 0.15) is 0 Å². The molecule has 0 aliphatic carbocycles. The fourth-order valence-corrected chi connectivity index (χ4v) is 2.66. The van der Waals surface area contributed by atoms with Crippen LogP contribution in [-0.2, 0) is 9.53 Å². The van der Waals surface area contributed by atoms with E-state index in [9.17, 15) is 4.79 Å². The number of aliphatic imine (C=N–C) groups is 2. The molecule has 0 bridgehead atoms. The average molecular weight is 402 g/mol. The summed E-state index contributed by atoms with van der Waals surface area (Å²) in [6.07, 6.45) is 9.72. The Morgan fingerprint density at radius 1 is 1.24 bits per heavy atom. The van der Waals surface area contributed by atoms with Crippen molar-refractivity contribution in [1.29, 1.82) is 0 Å². The molecule has 29 heavy (non-hydrogen) atoms. The molecule has 0 spiro atoms. The molecule has 0 aromatic carbocycles. The van der Waals surface area contributed by atoms with Gasteiger partial charge in [-0.05, 0) is 76.2 Å². The molecule has 5 heteroatoms. The van der Waals surface area contributed by atoms with Crippen molar-refractivity contribution in [2.45, 2.75) is 59.9 Å². The highest BCUT2D eigenvalue weighted by molar-refractivity contribution is 5.80. The number of ether oxygens (including phenoxy) is 1. The first-order valence-electron chi connectivity index (χ1n) is 10.3. The summed E-state index contributed by atoms with van der Waals surface area (Å²) in [6.45, 7) is 19.2. The fourth-order valence-electron chi connectivity index (χ4n) is 2.66. The third kappa shape index (κ3) is 11.3. The summed E-state index contributed by atoms with van der Waals surface area (Å²) in [5.74, 6) is -0.213. The fraction of sp³-hybridized carbons (Fsp3) is 0.542. The first-order chi connectivity index (χ1) is 13.8. The minimum Gasteiger partial charge on any atom is -0.466 e. The van der Waals surface area contributed by atoms with Crippen molar-refractivity contribution in [3.8, 4) is 0 Å². The largest absolute Gasteiger partial charge is 0.466 e. The second-order valence-electron chi connectivity index (χ2n) is 7.19. The van der Waals surface area contributed by atoms with Gasteiger partial charge in [-0.15, -0.1) is 0 Å². The Kier molecular flexibility index (Phi) is 14.4. The summed E-state index contributed by atoms with van der Waals surface area (Å²) in [5.41, 5.74) is 4.42. The summed E-state index contributed by atoms with van der Waals surface area (Å²) in [4.78, 5) is 22.6. The van der Waals surface area contributed by atoms with E-state index in [1.54, 1.807) is 6.20 Å². The van der Waals surface area contributed by atoms with E-state index in [-0.39, 0.29) is 18.4 Å². The van der Waals surface area contributed by atoms with E-state index >= 15 is 0 Å². The van der Waals surface area contributed by atoms with Crippen LogP contribution in [0.5, 0.6) is 0 Å². The molecule has 0 N–H and O–H groups in total. The van der Waals surface area contributed by atoms with Crippen LogP contribution in [0.15, 0.2) is 57.2 Å². The van der Waals surface area contributed by atoms with Crippen LogP contribution >= 0.6 is 0 Å². The molecule has 1 unspecified atom stereocenters. The lowest BCUT2D eigenvalue weighted by molar-refractivity contribution is -0.142. The summed E-state index contributed by atoms with van der Waals surface area (Å²) in [5, 5.41) is 0. The molecule has 0 aromatic rings. The maximum atomic E-state index is 12.0. The molecule has 1 atom stereocenters. The molecule has 0 aliphatic heterocycles. The molecule has 0 fully saturated rings. The number of nitrogens with zero attached hydrogens (tertiary/aromatic N) is 3. The maximum Gasteiger partial charge on any atom is 0.309 e. The molecular weight excluding hydrogens is 362 g/mol. The Morgan fingerprint density at radius 2 is 1.93 bits per heavy atom. The monoisotopic (exact) mass is 401 g/mol. The van der Waals surface area contributed by atoms with Gasteiger partial charge >= 0.3 is 5.97 Å². The molecule has 0 rings (SSSR count). The Morgan fingerprint density at radius 3 is 2.48 bits per heavy atom. The van der Waals surface area contributed by atoms with Gasteiger partial charge in [-0.25, -0.2) is 0 Å². The Labute approximate surface area is 177 Å². The average Bonchev–Trinajstić information content (AvgIpc) is 2.70. The standard InChI is InChI=1S/C24H39N3O2/c1-9-12-22(19(4)10-2)17-26-16-21(6)27(8)18-23(15-24(28)29-11-3)20(5)13-14-25-7/h10,13-14,17,21H,2,7,9,11-12,15-16,18H2,1,3-6,8H3/b14-13-,22-19-,23-20+,26-17?. The summed E-state index contributed by atoms with van der Waals surface area (Å²) in [6, 6.07) is 0.227. The van der Waals surface area contributed by atoms with Crippen molar-refractivity contribution in [3.05, 3.63) is 47.2 Å². The number of allylic oxidation sites excluding steroid dienone is 5. The van der Waals surface area contributed by atoms with Gasteiger partial charge in [-0.3, -0.25) is 19.7 Å². The highest BCUT2D eigenvalue weighted by atomic mass is 16.5. The Bertz CT molecular complexity index is 657. The lowest BCUT2D eigenvalue weighted by Crippen LogP contribution is -2.34. The second-order valence-corrected chi connectivity index (χ2v) is 7.19. The lowest BCUT2D eigenvalue weighted by Gasteiger charge is -2.25. The van der Waals surface area contributed by atoms with Crippen molar-refractivity contribution in [2.75, 3.05) is 26.7 Å². The molecule has 5 nitrogen and oxygen atoms in total. The van der Waals surface area contributed by atoms with Gasteiger partial charge in [0.05, 0.1) is 19.6 Å². The zero-order valence-corrected chi connectivity index (χ0v) is 19.2. The van der Waals surface area contributed by atoms with Gasteiger partial charge in [0.2, 0.25) is 0 Å². The zero-order valence-electron chi connectivity index (χ0n) is 19.2. The van der Waals surface area contributed by atoms with E-state index in [0.29, 0.717) is 19.7 Å². The predicted octanol–water partition coefficient (Wildman–Crippen LogP) is 5.16.